The maximum absolute atomic E-state index is 12.0. The Kier molecular flexibility index (Phi) is 5.58. The largest absolute Gasteiger partial charge is 0.484 e. The minimum absolute atomic E-state index is 0.0258. The summed E-state index contributed by atoms with van der Waals surface area (Å²) in [5, 5.41) is 0. The van der Waals surface area contributed by atoms with Gasteiger partial charge in [-0.2, -0.15) is 0 Å². The second-order valence-corrected chi connectivity index (χ2v) is 6.43. The number of para-hydroxylation sites is 1. The number of hydrogen-bond donors (Lipinski definition) is 2. The Morgan fingerprint density at radius 1 is 0.917 bits per heavy atom. The molecule has 2 N–H and O–H groups in total. The molecule has 0 spiro atoms. The molecule has 2 rings (SSSR count). The molecule has 5 heteroatoms. The number of ether oxygens (including phenoxy) is 1. The summed E-state index contributed by atoms with van der Waals surface area (Å²) in [7, 11) is 0. The minimum atomic E-state index is -0.432. The molecule has 0 unspecified atom stereocenters. The van der Waals surface area contributed by atoms with Gasteiger partial charge in [-0.1, -0.05) is 51.1 Å². The van der Waals surface area contributed by atoms with Crippen molar-refractivity contribution >= 4 is 11.8 Å². The molecule has 0 atom stereocenters. The molecule has 0 aromatic heterocycles. The first-order valence-electron chi connectivity index (χ1n) is 7.74. The predicted octanol–water partition coefficient (Wildman–Crippen LogP) is 2.82. The van der Waals surface area contributed by atoms with Crippen LogP contribution in [0, 0.1) is 0 Å². The highest BCUT2D eigenvalue weighted by atomic mass is 16.5. The molecule has 0 fully saturated rings. The highest BCUT2D eigenvalue weighted by Gasteiger charge is 2.14. The van der Waals surface area contributed by atoms with E-state index in [9.17, 15) is 9.59 Å². The highest BCUT2D eigenvalue weighted by molar-refractivity contribution is 5.95. The van der Waals surface area contributed by atoms with E-state index in [-0.39, 0.29) is 17.9 Å². The van der Waals surface area contributed by atoms with Gasteiger partial charge in [-0.25, -0.2) is 0 Å². The first-order chi connectivity index (χ1) is 11.4. The number of nitrogens with one attached hydrogen (secondary N) is 2. The summed E-state index contributed by atoms with van der Waals surface area (Å²) >= 11 is 0. The molecule has 0 aliphatic heterocycles. The number of hydrogen-bond acceptors (Lipinski definition) is 3. The standard InChI is InChI=1S/C19H22N2O3/c1-19(2,3)15-11-9-14(10-12-15)18(23)21-20-17(22)13-24-16-7-5-4-6-8-16/h4-12H,13H2,1-3H3,(H,20,22)(H,21,23). The zero-order valence-electron chi connectivity index (χ0n) is 14.1. The highest BCUT2D eigenvalue weighted by Crippen LogP contribution is 2.22. The average molecular weight is 326 g/mol. The van der Waals surface area contributed by atoms with Crippen LogP contribution in [-0.2, 0) is 10.2 Å². The summed E-state index contributed by atoms with van der Waals surface area (Å²) in [6, 6.07) is 16.3. The van der Waals surface area contributed by atoms with Gasteiger partial charge in [0.05, 0.1) is 0 Å². The van der Waals surface area contributed by atoms with Crippen molar-refractivity contribution in [2.24, 2.45) is 0 Å². The van der Waals surface area contributed by atoms with Gasteiger partial charge in [-0.15, -0.1) is 0 Å². The third-order valence-electron chi connectivity index (χ3n) is 3.44. The van der Waals surface area contributed by atoms with Crippen LogP contribution in [-0.4, -0.2) is 18.4 Å². The normalized spacial score (nSPS) is 10.8. The van der Waals surface area contributed by atoms with Gasteiger partial charge in [-0.3, -0.25) is 20.4 Å². The van der Waals surface area contributed by atoms with Crippen molar-refractivity contribution < 1.29 is 14.3 Å². The van der Waals surface area contributed by atoms with Gasteiger partial charge in [-0.05, 0) is 35.2 Å². The topological polar surface area (TPSA) is 67.4 Å². The zero-order chi connectivity index (χ0) is 17.6. The Bertz CT molecular complexity index is 689. The SMILES string of the molecule is CC(C)(C)c1ccc(C(=O)NNC(=O)COc2ccccc2)cc1. The van der Waals surface area contributed by atoms with Crippen molar-refractivity contribution in [2.75, 3.05) is 6.61 Å². The van der Waals surface area contributed by atoms with E-state index in [1.54, 1.807) is 24.3 Å². The van der Waals surface area contributed by atoms with Gasteiger partial charge < -0.3 is 4.74 Å². The molecule has 0 aliphatic rings. The molecule has 0 saturated heterocycles. The van der Waals surface area contributed by atoms with Crippen molar-refractivity contribution in [1.82, 2.24) is 10.9 Å². The fraction of sp³-hybridized carbons (Fsp3) is 0.263. The maximum Gasteiger partial charge on any atom is 0.276 e. The molecule has 126 valence electrons. The van der Waals surface area contributed by atoms with Crippen LogP contribution < -0.4 is 15.6 Å². The predicted molar refractivity (Wildman–Crippen MR) is 92.7 cm³/mol. The molecule has 0 radical (unpaired) electrons. The molecule has 0 aliphatic carbocycles. The lowest BCUT2D eigenvalue weighted by atomic mass is 9.87. The molecule has 2 amide bonds. The molecule has 0 heterocycles. The molecule has 2 aromatic carbocycles. The van der Waals surface area contributed by atoms with Gasteiger partial charge in [0.1, 0.15) is 5.75 Å². The van der Waals surface area contributed by atoms with Crippen LogP contribution in [0.15, 0.2) is 54.6 Å². The first kappa shape index (κ1) is 17.5. The number of carbonyl (C=O) groups excluding carboxylic acids is 2. The summed E-state index contributed by atoms with van der Waals surface area (Å²) in [4.78, 5) is 23.7. The molecular formula is C19H22N2O3. The van der Waals surface area contributed by atoms with Crippen LogP contribution in [0.5, 0.6) is 5.75 Å². The second kappa shape index (κ2) is 7.64. The fourth-order valence-corrected chi connectivity index (χ4v) is 2.02. The smallest absolute Gasteiger partial charge is 0.276 e. The number of carbonyl (C=O) groups is 2. The van der Waals surface area contributed by atoms with E-state index in [1.165, 1.54) is 0 Å². The van der Waals surface area contributed by atoms with E-state index in [2.05, 4.69) is 31.6 Å². The molecule has 5 nitrogen and oxygen atoms in total. The van der Waals surface area contributed by atoms with Gasteiger partial charge in [0.15, 0.2) is 6.61 Å². The van der Waals surface area contributed by atoms with E-state index in [4.69, 9.17) is 4.74 Å². The van der Waals surface area contributed by atoms with E-state index >= 15 is 0 Å². The van der Waals surface area contributed by atoms with Crippen LogP contribution >= 0.6 is 0 Å². The Hall–Kier alpha value is -2.82. The first-order valence-corrected chi connectivity index (χ1v) is 7.74. The van der Waals surface area contributed by atoms with E-state index in [0.29, 0.717) is 11.3 Å². The third kappa shape index (κ3) is 5.12. The van der Waals surface area contributed by atoms with Crippen LogP contribution in [0.1, 0.15) is 36.7 Å². The van der Waals surface area contributed by atoms with Crippen LogP contribution in [0.2, 0.25) is 0 Å². The van der Waals surface area contributed by atoms with Gasteiger partial charge >= 0.3 is 0 Å². The zero-order valence-corrected chi connectivity index (χ0v) is 14.1. The molecule has 24 heavy (non-hydrogen) atoms. The fourth-order valence-electron chi connectivity index (χ4n) is 2.02. The number of rotatable bonds is 4. The van der Waals surface area contributed by atoms with Crippen molar-refractivity contribution in [3.8, 4) is 5.75 Å². The van der Waals surface area contributed by atoms with Gasteiger partial charge in [0.2, 0.25) is 0 Å². The molecule has 0 saturated carbocycles. The third-order valence-corrected chi connectivity index (χ3v) is 3.44. The molecule has 2 aromatic rings. The van der Waals surface area contributed by atoms with Gasteiger partial charge in [0, 0.05) is 5.56 Å². The number of hydrazine groups is 1. The monoisotopic (exact) mass is 326 g/mol. The van der Waals surface area contributed by atoms with Crippen molar-refractivity contribution in [2.45, 2.75) is 26.2 Å². The Labute approximate surface area is 142 Å². The van der Waals surface area contributed by atoms with E-state index < -0.39 is 5.91 Å². The summed E-state index contributed by atoms with van der Waals surface area (Å²) in [6.45, 7) is 6.15. The maximum atomic E-state index is 12.0. The lowest BCUT2D eigenvalue weighted by Crippen LogP contribution is -2.43. The van der Waals surface area contributed by atoms with Crippen LogP contribution in [0.3, 0.4) is 0 Å². The second-order valence-electron chi connectivity index (χ2n) is 6.43. The summed E-state index contributed by atoms with van der Waals surface area (Å²) in [5.74, 6) is -0.209. The molecule has 0 bridgehead atoms. The summed E-state index contributed by atoms with van der Waals surface area (Å²) in [5.41, 5.74) is 6.35. The minimum Gasteiger partial charge on any atom is -0.484 e. The summed E-state index contributed by atoms with van der Waals surface area (Å²) < 4.78 is 5.30. The van der Waals surface area contributed by atoms with E-state index in [0.717, 1.165) is 5.56 Å². The van der Waals surface area contributed by atoms with Crippen molar-refractivity contribution in [1.29, 1.82) is 0 Å². The van der Waals surface area contributed by atoms with Gasteiger partial charge in [0.25, 0.3) is 11.8 Å². The summed E-state index contributed by atoms with van der Waals surface area (Å²) in [6.07, 6.45) is 0. The Morgan fingerprint density at radius 2 is 1.54 bits per heavy atom. The molecular weight excluding hydrogens is 304 g/mol. The quantitative estimate of drug-likeness (QED) is 0.849. The van der Waals surface area contributed by atoms with Crippen molar-refractivity contribution in [3.63, 3.8) is 0 Å². The lowest BCUT2D eigenvalue weighted by Gasteiger charge is -2.19. The lowest BCUT2D eigenvalue weighted by molar-refractivity contribution is -0.123. The van der Waals surface area contributed by atoms with Crippen molar-refractivity contribution in [3.05, 3.63) is 65.7 Å². The Morgan fingerprint density at radius 3 is 2.12 bits per heavy atom. The Balaban J connectivity index is 1.81. The number of amides is 2. The van der Waals surface area contributed by atoms with Crippen LogP contribution in [0.25, 0.3) is 0 Å². The van der Waals surface area contributed by atoms with Crippen LogP contribution in [0.4, 0.5) is 0 Å². The van der Waals surface area contributed by atoms with E-state index in [1.807, 2.05) is 30.3 Å². The number of benzene rings is 2. The average Bonchev–Trinajstić information content (AvgIpc) is 2.58.